The van der Waals surface area contributed by atoms with Crippen molar-refractivity contribution in [2.24, 2.45) is 0 Å². The van der Waals surface area contributed by atoms with E-state index in [2.05, 4.69) is 19.5 Å². The van der Waals surface area contributed by atoms with Crippen molar-refractivity contribution in [3.8, 4) is 28.3 Å². The third-order valence-electron chi connectivity index (χ3n) is 4.29. The third kappa shape index (κ3) is 3.55. The van der Waals surface area contributed by atoms with E-state index in [1.54, 1.807) is 24.3 Å². The molecule has 0 aliphatic rings. The summed E-state index contributed by atoms with van der Waals surface area (Å²) >= 11 is 6.02. The fraction of sp³-hybridized carbons (Fsp3) is 0.0526. The Morgan fingerprint density at radius 1 is 1.13 bits per heavy atom. The topological polar surface area (TPSA) is 69.9 Å². The van der Waals surface area contributed by atoms with Crippen LogP contribution in [0.4, 0.5) is 23.2 Å². The third-order valence-corrected chi connectivity index (χ3v) is 4.96. The van der Waals surface area contributed by atoms with Crippen LogP contribution in [0.3, 0.4) is 0 Å². The number of aromatic nitrogens is 3. The number of halogens is 5. The minimum absolute atomic E-state index is 0.00875. The zero-order valence-corrected chi connectivity index (χ0v) is 16.8. The van der Waals surface area contributed by atoms with Crippen LogP contribution >= 0.6 is 20.8 Å². The minimum atomic E-state index is -4.80. The van der Waals surface area contributed by atoms with Crippen LogP contribution in [0.1, 0.15) is 5.69 Å². The Kier molecular flexibility index (Phi) is 5.03. The van der Waals surface area contributed by atoms with Gasteiger partial charge in [-0.25, -0.2) is 9.07 Å². The molecule has 2 aromatic heterocycles. The molecule has 0 saturated carbocycles. The van der Waals surface area contributed by atoms with Crippen LogP contribution in [0.15, 0.2) is 53.2 Å². The van der Waals surface area contributed by atoms with Gasteiger partial charge >= 0.3 is 6.18 Å². The van der Waals surface area contributed by atoms with Crippen molar-refractivity contribution in [3.63, 3.8) is 0 Å². The molecule has 2 heterocycles. The number of benzene rings is 2. The van der Waals surface area contributed by atoms with Crippen LogP contribution in [-0.4, -0.2) is 14.9 Å². The highest BCUT2D eigenvalue weighted by molar-refractivity contribution is 7.27. The van der Waals surface area contributed by atoms with Gasteiger partial charge in [0, 0.05) is 6.20 Å². The van der Waals surface area contributed by atoms with Gasteiger partial charge in [-0.1, -0.05) is 35.0 Å². The molecule has 30 heavy (non-hydrogen) atoms. The molecule has 1 atom stereocenters. The largest absolute Gasteiger partial charge is 0.435 e. The first-order chi connectivity index (χ1) is 14.2. The Labute approximate surface area is 174 Å². The fourth-order valence-electron chi connectivity index (χ4n) is 2.94. The molecule has 2 N–H and O–H groups in total. The SMILES string of the molecule is Nc1c(-c2c(F)cccc2Cl)noc1-c1cn(-c2cccc(P)c2)nc1C(F)(F)F. The summed E-state index contributed by atoms with van der Waals surface area (Å²) in [6, 6.07) is 10.6. The van der Waals surface area contributed by atoms with Crippen molar-refractivity contribution >= 4 is 31.8 Å². The van der Waals surface area contributed by atoms with E-state index in [1.165, 1.54) is 12.1 Å². The molecule has 0 saturated heterocycles. The van der Waals surface area contributed by atoms with Gasteiger partial charge in [-0.05, 0) is 29.6 Å². The van der Waals surface area contributed by atoms with E-state index in [0.717, 1.165) is 22.2 Å². The number of anilines is 1. The number of nitrogen functional groups attached to an aromatic ring is 1. The Morgan fingerprint density at radius 2 is 1.87 bits per heavy atom. The lowest BCUT2D eigenvalue weighted by Gasteiger charge is -2.05. The number of hydrogen-bond donors (Lipinski definition) is 1. The van der Waals surface area contributed by atoms with Gasteiger partial charge in [-0.3, -0.25) is 0 Å². The first-order valence-corrected chi connectivity index (χ1v) is 9.35. The maximum absolute atomic E-state index is 14.2. The van der Waals surface area contributed by atoms with E-state index in [0.29, 0.717) is 5.69 Å². The van der Waals surface area contributed by atoms with E-state index in [9.17, 15) is 17.6 Å². The lowest BCUT2D eigenvalue weighted by molar-refractivity contribution is -0.140. The van der Waals surface area contributed by atoms with Gasteiger partial charge in [0.1, 0.15) is 17.2 Å². The number of alkyl halides is 3. The second-order valence-electron chi connectivity index (χ2n) is 6.30. The van der Waals surface area contributed by atoms with Crippen LogP contribution in [0.2, 0.25) is 5.02 Å². The molecule has 1 unspecified atom stereocenters. The van der Waals surface area contributed by atoms with E-state index >= 15 is 0 Å². The molecular formula is C19H12ClF4N4OP. The summed E-state index contributed by atoms with van der Waals surface area (Å²) in [4.78, 5) is 0. The van der Waals surface area contributed by atoms with Gasteiger partial charge in [0.2, 0.25) is 0 Å². The Balaban J connectivity index is 1.90. The molecule has 154 valence electrons. The summed E-state index contributed by atoms with van der Waals surface area (Å²) in [7, 11) is 2.45. The predicted octanol–water partition coefficient (Wildman–Crippen LogP) is 5.09. The van der Waals surface area contributed by atoms with Gasteiger partial charge < -0.3 is 10.3 Å². The van der Waals surface area contributed by atoms with Crippen LogP contribution in [-0.2, 0) is 6.18 Å². The molecule has 2 aromatic carbocycles. The van der Waals surface area contributed by atoms with Crippen molar-refractivity contribution in [1.29, 1.82) is 0 Å². The molecule has 0 amide bonds. The van der Waals surface area contributed by atoms with E-state index in [-0.39, 0.29) is 27.7 Å². The normalized spacial score (nSPS) is 11.8. The van der Waals surface area contributed by atoms with Crippen LogP contribution in [0, 0.1) is 5.82 Å². The molecule has 11 heteroatoms. The van der Waals surface area contributed by atoms with Crippen LogP contribution in [0.5, 0.6) is 0 Å². The fourth-order valence-corrected chi connectivity index (χ4v) is 3.48. The van der Waals surface area contributed by atoms with Crippen LogP contribution < -0.4 is 11.0 Å². The Bertz CT molecular complexity index is 1230. The van der Waals surface area contributed by atoms with Crippen molar-refractivity contribution in [2.45, 2.75) is 6.18 Å². The molecule has 0 radical (unpaired) electrons. The van der Waals surface area contributed by atoms with E-state index in [4.69, 9.17) is 21.9 Å². The van der Waals surface area contributed by atoms with Gasteiger partial charge in [0.25, 0.3) is 0 Å². The number of nitrogens with two attached hydrogens (primary N) is 1. The van der Waals surface area contributed by atoms with Gasteiger partial charge in [0.15, 0.2) is 11.5 Å². The molecule has 0 bridgehead atoms. The van der Waals surface area contributed by atoms with Crippen LogP contribution in [0.25, 0.3) is 28.3 Å². The summed E-state index contributed by atoms with van der Waals surface area (Å²) in [5, 5.41) is 8.09. The molecule has 0 aliphatic heterocycles. The average Bonchev–Trinajstić information content (AvgIpc) is 3.26. The number of rotatable bonds is 3. The highest BCUT2D eigenvalue weighted by atomic mass is 35.5. The maximum Gasteiger partial charge on any atom is 0.435 e. The standard InChI is InChI=1S/C19H12ClF4N4OP/c20-12-5-2-6-13(21)14(12)16-15(25)17(29-27-16)11-8-28(26-18(11)19(22,23)24)9-3-1-4-10(30)7-9/h1-8H,25,30H2. The average molecular weight is 455 g/mol. The summed E-state index contributed by atoms with van der Waals surface area (Å²) in [6.07, 6.45) is -3.67. The molecule has 4 rings (SSSR count). The monoisotopic (exact) mass is 454 g/mol. The molecule has 0 fully saturated rings. The highest BCUT2D eigenvalue weighted by Gasteiger charge is 2.40. The van der Waals surface area contributed by atoms with E-state index in [1.807, 2.05) is 0 Å². The molecule has 5 nitrogen and oxygen atoms in total. The Hall–Kier alpha value is -2.90. The molecule has 0 spiro atoms. The van der Waals surface area contributed by atoms with Gasteiger partial charge in [-0.2, -0.15) is 18.3 Å². The molecular weight excluding hydrogens is 443 g/mol. The maximum atomic E-state index is 14.2. The van der Waals surface area contributed by atoms with Gasteiger partial charge in [0.05, 0.1) is 21.8 Å². The zero-order chi connectivity index (χ0) is 21.6. The first kappa shape index (κ1) is 20.4. The number of hydrogen-bond acceptors (Lipinski definition) is 4. The second-order valence-corrected chi connectivity index (χ2v) is 7.37. The van der Waals surface area contributed by atoms with E-state index < -0.39 is 23.3 Å². The lowest BCUT2D eigenvalue weighted by Crippen LogP contribution is -2.09. The summed E-state index contributed by atoms with van der Waals surface area (Å²) in [5.74, 6) is -1.12. The molecule has 4 aromatic rings. The smallest absolute Gasteiger partial charge is 0.394 e. The first-order valence-electron chi connectivity index (χ1n) is 8.39. The number of nitrogens with zero attached hydrogens (tertiary/aromatic N) is 3. The zero-order valence-electron chi connectivity index (χ0n) is 14.9. The summed E-state index contributed by atoms with van der Waals surface area (Å²) in [5.41, 5.74) is 4.11. The van der Waals surface area contributed by atoms with Gasteiger partial charge in [-0.15, -0.1) is 9.24 Å². The lowest BCUT2D eigenvalue weighted by atomic mass is 10.1. The summed E-state index contributed by atoms with van der Waals surface area (Å²) in [6.45, 7) is 0. The van der Waals surface area contributed by atoms with Crippen molar-refractivity contribution in [1.82, 2.24) is 14.9 Å². The van der Waals surface area contributed by atoms with Crippen molar-refractivity contribution in [3.05, 3.63) is 65.2 Å². The minimum Gasteiger partial charge on any atom is -0.394 e. The second kappa shape index (κ2) is 7.41. The van der Waals surface area contributed by atoms with Crippen molar-refractivity contribution < 1.29 is 22.1 Å². The quantitative estimate of drug-likeness (QED) is 0.346. The summed E-state index contributed by atoms with van der Waals surface area (Å²) < 4.78 is 61.4. The Morgan fingerprint density at radius 3 is 2.53 bits per heavy atom. The predicted molar refractivity (Wildman–Crippen MR) is 108 cm³/mol. The molecule has 0 aliphatic carbocycles. The highest BCUT2D eigenvalue weighted by Crippen LogP contribution is 2.43. The van der Waals surface area contributed by atoms with Crippen molar-refractivity contribution in [2.75, 3.05) is 5.73 Å².